The van der Waals surface area contributed by atoms with Gasteiger partial charge in [-0.2, -0.15) is 0 Å². The summed E-state index contributed by atoms with van der Waals surface area (Å²) in [6.07, 6.45) is 0.882. The zero-order valence-corrected chi connectivity index (χ0v) is 12.3. The van der Waals surface area contributed by atoms with Gasteiger partial charge in [0.05, 0.1) is 11.3 Å². The highest BCUT2D eigenvalue weighted by molar-refractivity contribution is 7.92. The Morgan fingerprint density at radius 3 is 2.32 bits per heavy atom. The molecule has 0 unspecified atom stereocenters. The Kier molecular flexibility index (Phi) is 4.29. The molecule has 0 aliphatic rings. The highest BCUT2D eigenvalue weighted by atomic mass is 35.5. The summed E-state index contributed by atoms with van der Waals surface area (Å²) in [4.78, 5) is 14.2. The number of rotatable bonds is 4. The maximum Gasteiger partial charge on any atom is 0.263 e. The Bertz CT molecular complexity index is 838. The molecule has 1 aromatic heterocycles. The van der Waals surface area contributed by atoms with Crippen LogP contribution in [-0.2, 0) is 10.0 Å². The van der Waals surface area contributed by atoms with Gasteiger partial charge in [-0.1, -0.05) is 11.6 Å². The summed E-state index contributed by atoms with van der Waals surface area (Å²) in [6.45, 7) is 0. The second kappa shape index (κ2) is 5.85. The zero-order chi connectivity index (χ0) is 16.5. The number of anilines is 1. The number of primary amides is 1. The number of halogens is 3. The van der Waals surface area contributed by atoms with E-state index in [4.69, 9.17) is 17.3 Å². The Labute approximate surface area is 129 Å². The van der Waals surface area contributed by atoms with Gasteiger partial charge in [0.15, 0.2) is 0 Å². The van der Waals surface area contributed by atoms with Crippen LogP contribution in [0.5, 0.6) is 0 Å². The number of carbonyl (C=O) groups excluding carboxylic acids is 1. The number of nitrogens with zero attached hydrogens (tertiary/aromatic N) is 1. The molecule has 0 saturated carbocycles. The van der Waals surface area contributed by atoms with Crippen molar-refractivity contribution in [3.05, 3.63) is 52.8 Å². The Hall–Kier alpha value is -2.26. The molecule has 0 spiro atoms. The van der Waals surface area contributed by atoms with Crippen molar-refractivity contribution in [3.63, 3.8) is 0 Å². The average molecular weight is 348 g/mol. The number of amides is 1. The van der Waals surface area contributed by atoms with Gasteiger partial charge in [-0.15, -0.1) is 0 Å². The molecule has 1 heterocycles. The van der Waals surface area contributed by atoms with E-state index in [1.54, 1.807) is 0 Å². The Morgan fingerprint density at radius 2 is 1.77 bits per heavy atom. The first-order chi connectivity index (χ1) is 10.2. The molecular weight excluding hydrogens is 340 g/mol. The molecule has 0 fully saturated rings. The van der Waals surface area contributed by atoms with Crippen molar-refractivity contribution in [2.24, 2.45) is 5.73 Å². The minimum Gasteiger partial charge on any atom is -0.366 e. The SMILES string of the molecule is NC(=O)c1cc(S(=O)(=O)Nc2cc(F)cc(F)c2)cnc1Cl. The lowest BCUT2D eigenvalue weighted by molar-refractivity contribution is 0.1000. The average Bonchev–Trinajstić information content (AvgIpc) is 2.36. The molecule has 2 aromatic rings. The van der Waals surface area contributed by atoms with E-state index in [1.807, 2.05) is 4.72 Å². The van der Waals surface area contributed by atoms with Crippen molar-refractivity contribution >= 4 is 33.2 Å². The lowest BCUT2D eigenvalue weighted by Crippen LogP contribution is -2.17. The van der Waals surface area contributed by atoms with Crippen LogP contribution < -0.4 is 10.5 Å². The van der Waals surface area contributed by atoms with Crippen LogP contribution in [0.1, 0.15) is 10.4 Å². The fourth-order valence-electron chi connectivity index (χ4n) is 1.58. The molecule has 10 heteroatoms. The molecule has 2 rings (SSSR count). The summed E-state index contributed by atoms with van der Waals surface area (Å²) in [5.74, 6) is -2.87. The van der Waals surface area contributed by atoms with Crippen molar-refractivity contribution in [2.45, 2.75) is 4.90 Å². The van der Waals surface area contributed by atoms with Crippen LogP contribution in [0, 0.1) is 11.6 Å². The van der Waals surface area contributed by atoms with E-state index in [2.05, 4.69) is 4.98 Å². The molecule has 6 nitrogen and oxygen atoms in total. The number of nitrogens with two attached hydrogens (primary N) is 1. The van der Waals surface area contributed by atoms with E-state index in [0.717, 1.165) is 24.4 Å². The molecule has 22 heavy (non-hydrogen) atoms. The summed E-state index contributed by atoms with van der Waals surface area (Å²) in [6, 6.07) is 3.08. The lowest BCUT2D eigenvalue weighted by Gasteiger charge is -2.09. The van der Waals surface area contributed by atoms with Gasteiger partial charge in [0, 0.05) is 12.3 Å². The maximum atomic E-state index is 13.1. The third kappa shape index (κ3) is 3.49. The highest BCUT2D eigenvalue weighted by Gasteiger charge is 2.19. The summed E-state index contributed by atoms with van der Waals surface area (Å²) in [5.41, 5.74) is 4.42. The largest absolute Gasteiger partial charge is 0.366 e. The van der Waals surface area contributed by atoms with E-state index >= 15 is 0 Å². The fourth-order valence-corrected chi connectivity index (χ4v) is 2.78. The van der Waals surface area contributed by atoms with Gasteiger partial charge in [-0.25, -0.2) is 22.2 Å². The molecular formula is C12H8ClF2N3O3S. The number of carbonyl (C=O) groups is 1. The van der Waals surface area contributed by atoms with Crippen molar-refractivity contribution in [3.8, 4) is 0 Å². The number of hydrogen-bond acceptors (Lipinski definition) is 4. The van der Waals surface area contributed by atoms with E-state index in [-0.39, 0.29) is 16.4 Å². The van der Waals surface area contributed by atoms with Gasteiger partial charge < -0.3 is 5.73 Å². The topological polar surface area (TPSA) is 102 Å². The summed E-state index contributed by atoms with van der Waals surface area (Å²) >= 11 is 5.62. The molecule has 0 atom stereocenters. The van der Waals surface area contributed by atoms with Gasteiger partial charge in [-0.05, 0) is 18.2 Å². The normalized spacial score (nSPS) is 11.2. The van der Waals surface area contributed by atoms with Crippen molar-refractivity contribution in [1.29, 1.82) is 0 Å². The zero-order valence-electron chi connectivity index (χ0n) is 10.7. The quantitative estimate of drug-likeness (QED) is 0.825. The molecule has 3 N–H and O–H groups in total. The summed E-state index contributed by atoms with van der Waals surface area (Å²) in [5, 5.41) is -0.261. The van der Waals surface area contributed by atoms with E-state index in [0.29, 0.717) is 6.07 Å². The summed E-state index contributed by atoms with van der Waals surface area (Å²) < 4.78 is 52.3. The highest BCUT2D eigenvalue weighted by Crippen LogP contribution is 2.21. The minimum absolute atomic E-state index is 0.261. The molecule has 0 aliphatic heterocycles. The van der Waals surface area contributed by atoms with Crippen LogP contribution in [0.3, 0.4) is 0 Å². The maximum absolute atomic E-state index is 13.1. The molecule has 0 radical (unpaired) electrons. The van der Waals surface area contributed by atoms with Crippen molar-refractivity contribution in [2.75, 3.05) is 4.72 Å². The van der Waals surface area contributed by atoms with Crippen LogP contribution >= 0.6 is 11.6 Å². The van der Waals surface area contributed by atoms with Gasteiger partial charge >= 0.3 is 0 Å². The Balaban J connectivity index is 2.42. The van der Waals surface area contributed by atoms with Crippen LogP contribution in [0.25, 0.3) is 0 Å². The van der Waals surface area contributed by atoms with Crippen molar-refractivity contribution in [1.82, 2.24) is 4.98 Å². The standard InChI is InChI=1S/C12H8ClF2N3O3S/c13-11-10(12(16)19)4-9(5-17-11)22(20,21)18-8-2-6(14)1-7(15)3-8/h1-5,18H,(H2,16,19). The third-order valence-corrected chi connectivity index (χ3v) is 4.15. The first kappa shape index (κ1) is 16.1. The molecule has 1 aromatic carbocycles. The smallest absolute Gasteiger partial charge is 0.263 e. The Morgan fingerprint density at radius 1 is 1.18 bits per heavy atom. The van der Waals surface area contributed by atoms with Crippen LogP contribution in [-0.4, -0.2) is 19.3 Å². The molecule has 0 aliphatic carbocycles. The van der Waals surface area contributed by atoms with Crippen LogP contribution in [0.15, 0.2) is 35.4 Å². The molecule has 0 saturated heterocycles. The minimum atomic E-state index is -4.23. The first-order valence-corrected chi connectivity index (χ1v) is 7.49. The third-order valence-electron chi connectivity index (χ3n) is 2.50. The number of sulfonamides is 1. The molecule has 1 amide bonds. The number of benzene rings is 1. The van der Waals surface area contributed by atoms with Crippen molar-refractivity contribution < 1.29 is 22.0 Å². The van der Waals surface area contributed by atoms with E-state index < -0.39 is 32.5 Å². The van der Waals surface area contributed by atoms with E-state index in [1.165, 1.54) is 0 Å². The second-order valence-corrected chi connectivity index (χ2v) is 6.18. The number of pyridine rings is 1. The first-order valence-electron chi connectivity index (χ1n) is 5.63. The van der Waals surface area contributed by atoms with Gasteiger partial charge in [0.25, 0.3) is 15.9 Å². The fraction of sp³-hybridized carbons (Fsp3) is 0. The molecule has 116 valence electrons. The van der Waals surface area contributed by atoms with Gasteiger partial charge in [0.1, 0.15) is 21.7 Å². The van der Waals surface area contributed by atoms with Gasteiger partial charge in [0.2, 0.25) is 0 Å². The monoisotopic (exact) mass is 347 g/mol. The van der Waals surface area contributed by atoms with Gasteiger partial charge in [-0.3, -0.25) is 9.52 Å². The van der Waals surface area contributed by atoms with Crippen LogP contribution in [0.2, 0.25) is 5.15 Å². The van der Waals surface area contributed by atoms with E-state index in [9.17, 15) is 22.0 Å². The second-order valence-electron chi connectivity index (χ2n) is 4.14. The van der Waals surface area contributed by atoms with Crippen LogP contribution in [0.4, 0.5) is 14.5 Å². The number of aromatic nitrogens is 1. The number of hydrogen-bond donors (Lipinski definition) is 2. The summed E-state index contributed by atoms with van der Waals surface area (Å²) in [7, 11) is -4.23. The predicted molar refractivity (Wildman–Crippen MR) is 74.9 cm³/mol. The number of nitrogens with one attached hydrogen (secondary N) is 1. The lowest BCUT2D eigenvalue weighted by atomic mass is 10.3. The predicted octanol–water partition coefficient (Wildman–Crippen LogP) is 1.91. The molecule has 0 bridgehead atoms.